The number of carbonyl (C=O) groups is 1. The molecule has 1 aliphatic heterocycles. The third-order valence-electron chi connectivity index (χ3n) is 4.11. The number of amides is 1. The van der Waals surface area contributed by atoms with Crippen molar-refractivity contribution in [1.29, 1.82) is 0 Å². The van der Waals surface area contributed by atoms with Crippen LogP contribution in [-0.2, 0) is 9.47 Å². The van der Waals surface area contributed by atoms with Gasteiger partial charge in [-0.05, 0) is 25.5 Å². The molecule has 1 unspecified atom stereocenters. The SMILES string of the molecule is CCNC(=NCCNC(=O)c1ccco1)N1CCC(COCCOC)C1.I. The van der Waals surface area contributed by atoms with E-state index in [0.29, 0.717) is 38.0 Å². The molecule has 2 N–H and O–H groups in total. The molecule has 9 heteroatoms. The van der Waals surface area contributed by atoms with Crippen molar-refractivity contribution in [3.63, 3.8) is 0 Å². The highest BCUT2D eigenvalue weighted by Gasteiger charge is 2.24. The summed E-state index contributed by atoms with van der Waals surface area (Å²) in [5.74, 6) is 1.50. The zero-order valence-corrected chi connectivity index (χ0v) is 18.4. The lowest BCUT2D eigenvalue weighted by atomic mass is 10.1. The fourth-order valence-electron chi connectivity index (χ4n) is 2.81. The highest BCUT2D eigenvalue weighted by Crippen LogP contribution is 2.16. The van der Waals surface area contributed by atoms with Crippen LogP contribution in [0.5, 0.6) is 0 Å². The summed E-state index contributed by atoms with van der Waals surface area (Å²) >= 11 is 0. The van der Waals surface area contributed by atoms with E-state index in [2.05, 4.69) is 27.4 Å². The predicted octanol–water partition coefficient (Wildman–Crippen LogP) is 1.58. The topological polar surface area (TPSA) is 88.3 Å². The molecule has 1 fully saturated rings. The second-order valence-electron chi connectivity index (χ2n) is 6.14. The molecule has 1 aliphatic rings. The van der Waals surface area contributed by atoms with Crippen molar-refractivity contribution in [3.8, 4) is 0 Å². The number of likely N-dealkylation sites (tertiary alicyclic amines) is 1. The van der Waals surface area contributed by atoms with Crippen LogP contribution in [0.1, 0.15) is 23.9 Å². The second kappa shape index (κ2) is 13.8. The standard InChI is InChI=1S/C18H30N4O4.HI/c1-3-19-18(21-8-7-20-17(23)16-5-4-10-26-16)22-9-6-15(13-22)14-25-12-11-24-2;/h4-5,10,15H,3,6-9,11-14H2,1-2H3,(H,19,21)(H,20,23);1H. The van der Waals surface area contributed by atoms with E-state index in [1.165, 1.54) is 6.26 Å². The van der Waals surface area contributed by atoms with Crippen LogP contribution in [0.3, 0.4) is 0 Å². The minimum Gasteiger partial charge on any atom is -0.459 e. The van der Waals surface area contributed by atoms with Crippen LogP contribution in [0.25, 0.3) is 0 Å². The van der Waals surface area contributed by atoms with Gasteiger partial charge in [-0.3, -0.25) is 9.79 Å². The van der Waals surface area contributed by atoms with Crippen molar-refractivity contribution in [2.24, 2.45) is 10.9 Å². The molecule has 2 heterocycles. The van der Waals surface area contributed by atoms with Gasteiger partial charge in [-0.15, -0.1) is 24.0 Å². The van der Waals surface area contributed by atoms with Crippen LogP contribution in [0.4, 0.5) is 0 Å². The molecule has 154 valence electrons. The van der Waals surface area contributed by atoms with Crippen molar-refractivity contribution in [3.05, 3.63) is 24.2 Å². The smallest absolute Gasteiger partial charge is 0.287 e. The Balaban J connectivity index is 0.00000364. The van der Waals surface area contributed by atoms with E-state index in [4.69, 9.17) is 13.9 Å². The first-order valence-corrected chi connectivity index (χ1v) is 9.16. The Bertz CT molecular complexity index is 554. The molecule has 1 amide bonds. The number of methoxy groups -OCH3 is 1. The molecule has 8 nitrogen and oxygen atoms in total. The molecular weight excluding hydrogens is 463 g/mol. The first-order chi connectivity index (χ1) is 12.7. The highest BCUT2D eigenvalue weighted by atomic mass is 127. The molecule has 0 spiro atoms. The predicted molar refractivity (Wildman–Crippen MR) is 115 cm³/mol. The van der Waals surface area contributed by atoms with Gasteiger partial charge in [-0.1, -0.05) is 0 Å². The van der Waals surface area contributed by atoms with Gasteiger partial charge in [0, 0.05) is 39.2 Å². The summed E-state index contributed by atoms with van der Waals surface area (Å²) in [6.07, 6.45) is 2.58. The van der Waals surface area contributed by atoms with E-state index in [1.807, 2.05) is 0 Å². The highest BCUT2D eigenvalue weighted by molar-refractivity contribution is 14.0. The number of nitrogens with one attached hydrogen (secondary N) is 2. The van der Waals surface area contributed by atoms with Gasteiger partial charge in [0.25, 0.3) is 5.91 Å². The minimum atomic E-state index is -0.218. The van der Waals surface area contributed by atoms with Gasteiger partial charge >= 0.3 is 0 Å². The molecule has 1 aromatic heterocycles. The summed E-state index contributed by atoms with van der Waals surface area (Å²) in [6.45, 7) is 7.74. The summed E-state index contributed by atoms with van der Waals surface area (Å²) in [4.78, 5) is 18.7. The molecule has 0 radical (unpaired) electrons. The van der Waals surface area contributed by atoms with Crippen molar-refractivity contribution in [2.45, 2.75) is 13.3 Å². The quantitative estimate of drug-likeness (QED) is 0.222. The largest absolute Gasteiger partial charge is 0.459 e. The summed E-state index contributed by atoms with van der Waals surface area (Å²) < 4.78 is 15.7. The lowest BCUT2D eigenvalue weighted by Crippen LogP contribution is -2.41. The van der Waals surface area contributed by atoms with E-state index in [9.17, 15) is 4.79 Å². The van der Waals surface area contributed by atoms with Gasteiger partial charge in [0.2, 0.25) is 0 Å². The Morgan fingerprint density at radius 3 is 2.96 bits per heavy atom. The van der Waals surface area contributed by atoms with Crippen LogP contribution in [-0.4, -0.2) is 76.4 Å². The van der Waals surface area contributed by atoms with Gasteiger partial charge < -0.3 is 29.4 Å². The third kappa shape index (κ3) is 8.48. The number of hydrogen-bond donors (Lipinski definition) is 2. The zero-order chi connectivity index (χ0) is 18.6. The van der Waals surface area contributed by atoms with Crippen molar-refractivity contribution in [2.75, 3.05) is 59.7 Å². The molecule has 0 aromatic carbocycles. The molecule has 2 rings (SSSR count). The average Bonchev–Trinajstić information content (AvgIpc) is 3.33. The van der Waals surface area contributed by atoms with Gasteiger partial charge in [-0.25, -0.2) is 0 Å². The van der Waals surface area contributed by atoms with Crippen LogP contribution in [0.15, 0.2) is 27.8 Å². The van der Waals surface area contributed by atoms with Crippen LogP contribution >= 0.6 is 24.0 Å². The van der Waals surface area contributed by atoms with Crippen molar-refractivity contribution < 1.29 is 18.7 Å². The van der Waals surface area contributed by atoms with Gasteiger partial charge in [0.15, 0.2) is 11.7 Å². The van der Waals surface area contributed by atoms with E-state index in [-0.39, 0.29) is 29.9 Å². The lowest BCUT2D eigenvalue weighted by molar-refractivity contribution is 0.0536. The normalized spacial score (nSPS) is 16.9. The Hall–Kier alpha value is -1.33. The average molecular weight is 494 g/mol. The Morgan fingerprint density at radius 1 is 1.41 bits per heavy atom. The first kappa shape index (κ1) is 23.7. The van der Waals surface area contributed by atoms with Gasteiger partial charge in [0.05, 0.1) is 32.6 Å². The van der Waals surface area contributed by atoms with Gasteiger partial charge in [0.1, 0.15) is 0 Å². The maximum absolute atomic E-state index is 11.8. The van der Waals surface area contributed by atoms with E-state index >= 15 is 0 Å². The fraction of sp³-hybridized carbons (Fsp3) is 0.667. The summed E-state index contributed by atoms with van der Waals surface area (Å²) in [7, 11) is 1.68. The molecule has 0 aliphatic carbocycles. The van der Waals surface area contributed by atoms with Crippen LogP contribution < -0.4 is 10.6 Å². The van der Waals surface area contributed by atoms with Crippen molar-refractivity contribution in [1.82, 2.24) is 15.5 Å². The number of nitrogens with zero attached hydrogens (tertiary/aromatic N) is 2. The molecule has 0 saturated carbocycles. The zero-order valence-electron chi connectivity index (χ0n) is 16.1. The minimum absolute atomic E-state index is 0. The first-order valence-electron chi connectivity index (χ1n) is 9.16. The van der Waals surface area contributed by atoms with Crippen LogP contribution in [0.2, 0.25) is 0 Å². The number of halogens is 1. The summed E-state index contributed by atoms with van der Waals surface area (Å²) in [5.41, 5.74) is 0. The molecule has 1 saturated heterocycles. The fourth-order valence-corrected chi connectivity index (χ4v) is 2.81. The van der Waals surface area contributed by atoms with E-state index < -0.39 is 0 Å². The molecule has 1 aromatic rings. The number of guanidine groups is 1. The lowest BCUT2D eigenvalue weighted by Gasteiger charge is -2.21. The molecule has 0 bridgehead atoms. The maximum atomic E-state index is 11.8. The summed E-state index contributed by atoms with van der Waals surface area (Å²) in [6, 6.07) is 3.33. The second-order valence-corrected chi connectivity index (χ2v) is 6.14. The monoisotopic (exact) mass is 494 g/mol. The summed E-state index contributed by atoms with van der Waals surface area (Å²) in [5, 5.41) is 6.12. The number of rotatable bonds is 10. The molecule has 27 heavy (non-hydrogen) atoms. The Labute approximate surface area is 178 Å². The third-order valence-corrected chi connectivity index (χ3v) is 4.11. The Kier molecular flexibility index (Phi) is 12.1. The van der Waals surface area contributed by atoms with E-state index in [1.54, 1.807) is 19.2 Å². The number of furan rings is 1. The van der Waals surface area contributed by atoms with E-state index in [0.717, 1.165) is 38.6 Å². The van der Waals surface area contributed by atoms with Crippen molar-refractivity contribution >= 4 is 35.8 Å². The van der Waals surface area contributed by atoms with Crippen LogP contribution in [0, 0.1) is 5.92 Å². The maximum Gasteiger partial charge on any atom is 0.287 e. The number of ether oxygens (including phenoxy) is 2. The molecule has 1 atom stereocenters. The van der Waals surface area contributed by atoms with Gasteiger partial charge in [-0.2, -0.15) is 0 Å². The molecular formula is C18H31IN4O4. The number of aliphatic imine (C=N–C) groups is 1. The number of carbonyl (C=O) groups excluding carboxylic acids is 1. The number of hydrogen-bond acceptors (Lipinski definition) is 5. The Morgan fingerprint density at radius 2 is 2.26 bits per heavy atom.